The van der Waals surface area contributed by atoms with Gasteiger partial charge in [-0.1, -0.05) is 25.1 Å². The second kappa shape index (κ2) is 5.69. The molecule has 0 aromatic carbocycles. The second-order valence-electron chi connectivity index (χ2n) is 4.45. The Labute approximate surface area is 105 Å². The topological polar surface area (TPSA) is 66.0 Å². The van der Waals surface area contributed by atoms with Gasteiger partial charge in [0.15, 0.2) is 5.16 Å². The minimum atomic E-state index is -0.264. The Morgan fingerprint density at radius 2 is 2.41 bits per heavy atom. The highest BCUT2D eigenvalue weighted by molar-refractivity contribution is 7.99. The molecule has 2 N–H and O–H groups in total. The molecular weight excluding hydrogens is 236 g/mol. The molecule has 2 atom stereocenters. The Morgan fingerprint density at radius 3 is 3.06 bits per heavy atom. The summed E-state index contributed by atoms with van der Waals surface area (Å²) in [7, 11) is 0. The number of nitrogens with zero attached hydrogens (tertiary/aromatic N) is 1. The van der Waals surface area contributed by atoms with Gasteiger partial charge in [0.2, 0.25) is 0 Å². The maximum absolute atomic E-state index is 11.5. The van der Waals surface area contributed by atoms with Gasteiger partial charge in [0.25, 0.3) is 5.56 Å². The molecule has 0 radical (unpaired) electrons. The normalized spacial score (nSPS) is 24.1. The molecule has 0 unspecified atom stereocenters. The molecule has 0 bridgehead atoms. The lowest BCUT2D eigenvalue weighted by Crippen LogP contribution is -2.17. The summed E-state index contributed by atoms with van der Waals surface area (Å²) in [6.45, 7) is 2.07. The molecule has 17 heavy (non-hydrogen) atoms. The highest BCUT2D eigenvalue weighted by atomic mass is 32.2. The van der Waals surface area contributed by atoms with Gasteiger partial charge in [-0.3, -0.25) is 4.79 Å². The first-order chi connectivity index (χ1) is 8.19. The largest absolute Gasteiger partial charge is 0.392 e. The van der Waals surface area contributed by atoms with Crippen molar-refractivity contribution < 1.29 is 5.11 Å². The lowest BCUT2D eigenvalue weighted by molar-refractivity contribution is 0.188. The summed E-state index contributed by atoms with van der Waals surface area (Å²) in [4.78, 5) is 18.6. The van der Waals surface area contributed by atoms with Crippen molar-refractivity contribution >= 4 is 11.8 Å². The monoisotopic (exact) mass is 254 g/mol. The van der Waals surface area contributed by atoms with Crippen LogP contribution < -0.4 is 5.56 Å². The quantitative estimate of drug-likeness (QED) is 0.803. The summed E-state index contributed by atoms with van der Waals surface area (Å²) in [6, 6.07) is 1.55. The molecule has 1 heterocycles. The summed E-state index contributed by atoms with van der Waals surface area (Å²) >= 11 is 1.50. The van der Waals surface area contributed by atoms with Gasteiger partial charge in [0.1, 0.15) is 0 Å². The van der Waals surface area contributed by atoms with Gasteiger partial charge >= 0.3 is 0 Å². The van der Waals surface area contributed by atoms with Crippen molar-refractivity contribution in [3.8, 4) is 0 Å². The second-order valence-corrected chi connectivity index (χ2v) is 5.67. The standard InChI is InChI=1S/C12H18N2O2S/c1-2-4-8-7-11(16)14-12(13-8)17-10-6-3-5-9(10)15/h7,9-10,15H,2-6H2,1H3,(H,13,14,16)/t9-,10-/m1/s1. The van der Waals surface area contributed by atoms with Gasteiger partial charge in [0.05, 0.1) is 6.10 Å². The molecule has 1 aliphatic rings. The SMILES string of the molecule is CCCc1cc(=O)[nH]c(S[C@@H]2CCC[C@H]2O)n1. The van der Waals surface area contributed by atoms with E-state index in [1.54, 1.807) is 6.07 Å². The van der Waals surface area contributed by atoms with Crippen LogP contribution in [0.1, 0.15) is 38.3 Å². The Kier molecular flexibility index (Phi) is 4.23. The van der Waals surface area contributed by atoms with E-state index in [2.05, 4.69) is 16.9 Å². The zero-order chi connectivity index (χ0) is 12.3. The molecule has 1 aliphatic carbocycles. The van der Waals surface area contributed by atoms with Crippen LogP contribution in [-0.2, 0) is 6.42 Å². The number of H-pyrrole nitrogens is 1. The van der Waals surface area contributed by atoms with Gasteiger partial charge in [-0.15, -0.1) is 0 Å². The van der Waals surface area contributed by atoms with Crippen molar-refractivity contribution in [1.29, 1.82) is 0 Å². The number of aromatic nitrogens is 2. The number of aliphatic hydroxyl groups is 1. The smallest absolute Gasteiger partial charge is 0.251 e. The van der Waals surface area contributed by atoms with Gasteiger partial charge in [-0.2, -0.15) is 0 Å². The van der Waals surface area contributed by atoms with Gasteiger partial charge < -0.3 is 10.1 Å². The number of aryl methyl sites for hydroxylation is 1. The number of hydrogen-bond acceptors (Lipinski definition) is 4. The van der Waals surface area contributed by atoms with Gasteiger partial charge in [-0.05, 0) is 25.7 Å². The lowest BCUT2D eigenvalue weighted by atomic mass is 10.2. The van der Waals surface area contributed by atoms with E-state index in [0.29, 0.717) is 5.16 Å². The van der Waals surface area contributed by atoms with Crippen LogP contribution in [0.4, 0.5) is 0 Å². The molecule has 0 aliphatic heterocycles. The van der Waals surface area contributed by atoms with E-state index in [9.17, 15) is 9.90 Å². The molecule has 1 aromatic rings. The summed E-state index contributed by atoms with van der Waals surface area (Å²) in [5.74, 6) is 0. The van der Waals surface area contributed by atoms with Crippen molar-refractivity contribution in [1.82, 2.24) is 9.97 Å². The predicted octanol–water partition coefficient (Wildman–Crippen LogP) is 1.73. The number of aliphatic hydroxyl groups excluding tert-OH is 1. The van der Waals surface area contributed by atoms with Crippen LogP contribution in [0, 0.1) is 0 Å². The van der Waals surface area contributed by atoms with Crippen molar-refractivity contribution in [2.24, 2.45) is 0 Å². The van der Waals surface area contributed by atoms with E-state index in [4.69, 9.17) is 0 Å². The number of nitrogens with one attached hydrogen (secondary N) is 1. The van der Waals surface area contributed by atoms with E-state index >= 15 is 0 Å². The van der Waals surface area contributed by atoms with E-state index < -0.39 is 0 Å². The zero-order valence-electron chi connectivity index (χ0n) is 9.98. The van der Waals surface area contributed by atoms with Crippen LogP contribution in [0.5, 0.6) is 0 Å². The molecule has 1 aromatic heterocycles. The molecular formula is C12H18N2O2S. The van der Waals surface area contributed by atoms with Crippen molar-refractivity contribution in [3.05, 3.63) is 22.1 Å². The fraction of sp³-hybridized carbons (Fsp3) is 0.667. The maximum atomic E-state index is 11.5. The minimum Gasteiger partial charge on any atom is -0.392 e. The molecule has 94 valence electrons. The fourth-order valence-corrected chi connectivity index (χ4v) is 3.30. The van der Waals surface area contributed by atoms with Crippen molar-refractivity contribution in [3.63, 3.8) is 0 Å². The fourth-order valence-electron chi connectivity index (χ4n) is 2.11. The van der Waals surface area contributed by atoms with Crippen molar-refractivity contribution in [2.75, 3.05) is 0 Å². The molecule has 4 nitrogen and oxygen atoms in total. The van der Waals surface area contributed by atoms with E-state index in [1.807, 2.05) is 0 Å². The average Bonchev–Trinajstić information content (AvgIpc) is 2.64. The van der Waals surface area contributed by atoms with Crippen LogP contribution in [-0.4, -0.2) is 26.4 Å². The summed E-state index contributed by atoms with van der Waals surface area (Å²) in [5, 5.41) is 10.6. The average molecular weight is 254 g/mol. The summed E-state index contributed by atoms with van der Waals surface area (Å²) in [5.41, 5.74) is 0.740. The summed E-state index contributed by atoms with van der Waals surface area (Å²) < 4.78 is 0. The third-order valence-corrected chi connectivity index (χ3v) is 4.23. The molecule has 2 rings (SSSR count). The first-order valence-electron chi connectivity index (χ1n) is 6.14. The van der Waals surface area contributed by atoms with Crippen molar-refractivity contribution in [2.45, 2.75) is 55.5 Å². The first-order valence-corrected chi connectivity index (χ1v) is 7.02. The third-order valence-electron chi connectivity index (χ3n) is 2.96. The van der Waals surface area contributed by atoms with Crippen LogP contribution in [0.25, 0.3) is 0 Å². The minimum absolute atomic E-state index is 0.0987. The molecule has 0 saturated heterocycles. The predicted molar refractivity (Wildman–Crippen MR) is 68.4 cm³/mol. The Bertz CT molecular complexity index is 433. The number of aromatic amines is 1. The molecule has 1 fully saturated rings. The van der Waals surface area contributed by atoms with E-state index in [-0.39, 0.29) is 16.9 Å². The molecule has 0 spiro atoms. The van der Waals surface area contributed by atoms with Crippen LogP contribution in [0.15, 0.2) is 16.0 Å². The van der Waals surface area contributed by atoms with Crippen LogP contribution >= 0.6 is 11.8 Å². The highest BCUT2D eigenvalue weighted by Gasteiger charge is 2.26. The number of thioether (sulfide) groups is 1. The zero-order valence-corrected chi connectivity index (χ0v) is 10.8. The first kappa shape index (κ1) is 12.6. The third kappa shape index (κ3) is 3.33. The van der Waals surface area contributed by atoms with E-state index in [1.165, 1.54) is 11.8 Å². The molecule has 1 saturated carbocycles. The Hall–Kier alpha value is -0.810. The molecule has 5 heteroatoms. The Balaban J connectivity index is 2.12. The van der Waals surface area contributed by atoms with Gasteiger partial charge in [-0.25, -0.2) is 4.98 Å². The van der Waals surface area contributed by atoms with Crippen LogP contribution in [0.2, 0.25) is 0 Å². The Morgan fingerprint density at radius 1 is 1.59 bits per heavy atom. The van der Waals surface area contributed by atoms with Gasteiger partial charge in [0, 0.05) is 17.0 Å². The number of rotatable bonds is 4. The number of hydrogen-bond donors (Lipinski definition) is 2. The molecule has 0 amide bonds. The lowest BCUT2D eigenvalue weighted by Gasteiger charge is -2.13. The van der Waals surface area contributed by atoms with Crippen LogP contribution in [0.3, 0.4) is 0 Å². The summed E-state index contributed by atoms with van der Waals surface area (Å²) in [6.07, 6.45) is 4.44. The highest BCUT2D eigenvalue weighted by Crippen LogP contribution is 2.32. The maximum Gasteiger partial charge on any atom is 0.251 e. The van der Waals surface area contributed by atoms with E-state index in [0.717, 1.165) is 37.8 Å².